The van der Waals surface area contributed by atoms with Crippen LogP contribution in [0.25, 0.3) is 5.65 Å². The number of pyridine rings is 1. The van der Waals surface area contributed by atoms with Crippen molar-refractivity contribution in [2.24, 2.45) is 4.99 Å². The SMILES string of the molecule is CCNC(=NCc1ccc(N(C)C)cc1C)NCc1nnc2ccccn12.I. The van der Waals surface area contributed by atoms with Crippen LogP contribution >= 0.6 is 24.0 Å². The molecule has 7 nitrogen and oxygen atoms in total. The normalized spacial score (nSPS) is 11.2. The highest BCUT2D eigenvalue weighted by Crippen LogP contribution is 2.18. The van der Waals surface area contributed by atoms with Crippen LogP contribution in [0.3, 0.4) is 0 Å². The van der Waals surface area contributed by atoms with Gasteiger partial charge in [0.25, 0.3) is 0 Å². The molecule has 0 unspecified atom stereocenters. The summed E-state index contributed by atoms with van der Waals surface area (Å²) in [5.74, 6) is 1.61. The van der Waals surface area contributed by atoms with E-state index in [2.05, 4.69) is 57.8 Å². The van der Waals surface area contributed by atoms with Gasteiger partial charge in [-0.3, -0.25) is 4.40 Å². The van der Waals surface area contributed by atoms with Gasteiger partial charge in [-0.15, -0.1) is 34.2 Å². The van der Waals surface area contributed by atoms with Gasteiger partial charge in [0, 0.05) is 32.5 Å². The van der Waals surface area contributed by atoms with E-state index in [0.29, 0.717) is 13.1 Å². The molecule has 0 aliphatic carbocycles. The van der Waals surface area contributed by atoms with E-state index in [1.165, 1.54) is 16.8 Å². The largest absolute Gasteiger partial charge is 0.378 e. The summed E-state index contributed by atoms with van der Waals surface area (Å²) in [6.07, 6.45) is 1.96. The summed E-state index contributed by atoms with van der Waals surface area (Å²) in [6, 6.07) is 12.3. The van der Waals surface area contributed by atoms with Crippen LogP contribution in [0.5, 0.6) is 0 Å². The zero-order valence-corrected chi connectivity index (χ0v) is 19.1. The zero-order chi connectivity index (χ0) is 19.2. The molecule has 0 saturated carbocycles. The van der Waals surface area contributed by atoms with Crippen LogP contribution in [-0.2, 0) is 13.1 Å². The molecule has 0 radical (unpaired) electrons. The lowest BCUT2D eigenvalue weighted by atomic mass is 10.1. The van der Waals surface area contributed by atoms with E-state index in [9.17, 15) is 0 Å². The molecule has 0 fully saturated rings. The second kappa shape index (κ2) is 10.3. The first-order chi connectivity index (χ1) is 13.1. The van der Waals surface area contributed by atoms with Crippen LogP contribution in [0.2, 0.25) is 0 Å². The van der Waals surface area contributed by atoms with E-state index in [1.807, 2.05) is 42.9 Å². The Morgan fingerprint density at radius 1 is 1.14 bits per heavy atom. The molecule has 0 spiro atoms. The van der Waals surface area contributed by atoms with Crippen LogP contribution in [0.4, 0.5) is 5.69 Å². The highest BCUT2D eigenvalue weighted by Gasteiger charge is 2.06. The number of hydrogen-bond donors (Lipinski definition) is 2. The van der Waals surface area contributed by atoms with Gasteiger partial charge < -0.3 is 15.5 Å². The molecular formula is C20H28IN7. The highest BCUT2D eigenvalue weighted by atomic mass is 127. The third-order valence-electron chi connectivity index (χ3n) is 4.39. The van der Waals surface area contributed by atoms with E-state index >= 15 is 0 Å². The third-order valence-corrected chi connectivity index (χ3v) is 4.39. The van der Waals surface area contributed by atoms with Crippen molar-refractivity contribution in [3.05, 3.63) is 59.5 Å². The monoisotopic (exact) mass is 493 g/mol. The molecule has 150 valence electrons. The van der Waals surface area contributed by atoms with Gasteiger partial charge in [-0.2, -0.15) is 0 Å². The number of anilines is 1. The predicted octanol–water partition coefficient (Wildman–Crippen LogP) is 2.98. The standard InChI is InChI=1S/C20H27N7.HI/c1-5-21-20(22-13-16-9-10-17(26(3)4)12-15(16)2)23-14-19-25-24-18-8-6-7-11-27(18)19;/h6-12H,5,13-14H2,1-4H3,(H2,21,22,23);1H. The first-order valence-corrected chi connectivity index (χ1v) is 9.16. The molecule has 8 heteroatoms. The van der Waals surface area contributed by atoms with E-state index in [0.717, 1.165) is 24.0 Å². The van der Waals surface area contributed by atoms with Crippen molar-refractivity contribution in [1.82, 2.24) is 25.2 Å². The van der Waals surface area contributed by atoms with Crippen molar-refractivity contribution < 1.29 is 0 Å². The second-order valence-corrected chi connectivity index (χ2v) is 6.60. The Labute approximate surface area is 183 Å². The van der Waals surface area contributed by atoms with Crippen LogP contribution < -0.4 is 15.5 Å². The van der Waals surface area contributed by atoms with E-state index in [4.69, 9.17) is 4.99 Å². The number of hydrogen-bond acceptors (Lipinski definition) is 4. The number of fused-ring (bicyclic) bond motifs is 1. The molecule has 2 heterocycles. The number of aryl methyl sites for hydroxylation is 1. The Balaban J connectivity index is 0.00000280. The Kier molecular flexibility index (Phi) is 8.04. The lowest BCUT2D eigenvalue weighted by Crippen LogP contribution is -2.37. The predicted molar refractivity (Wildman–Crippen MR) is 126 cm³/mol. The van der Waals surface area contributed by atoms with Gasteiger partial charge in [0.15, 0.2) is 17.4 Å². The minimum atomic E-state index is 0. The molecule has 0 bridgehead atoms. The van der Waals surface area contributed by atoms with Crippen LogP contribution in [-0.4, -0.2) is 41.2 Å². The van der Waals surface area contributed by atoms with Crippen molar-refractivity contribution in [2.45, 2.75) is 26.9 Å². The summed E-state index contributed by atoms with van der Waals surface area (Å²) in [5.41, 5.74) is 4.49. The number of nitrogens with zero attached hydrogens (tertiary/aromatic N) is 5. The average Bonchev–Trinajstić information content (AvgIpc) is 3.08. The summed E-state index contributed by atoms with van der Waals surface area (Å²) in [4.78, 5) is 6.83. The Hall–Kier alpha value is -2.36. The summed E-state index contributed by atoms with van der Waals surface area (Å²) < 4.78 is 1.97. The topological polar surface area (TPSA) is 69.8 Å². The average molecular weight is 493 g/mol. The molecule has 0 amide bonds. The van der Waals surface area contributed by atoms with Gasteiger partial charge >= 0.3 is 0 Å². The summed E-state index contributed by atoms with van der Waals surface area (Å²) in [5, 5.41) is 15.1. The third kappa shape index (κ3) is 5.34. The van der Waals surface area contributed by atoms with Crippen LogP contribution in [0, 0.1) is 6.92 Å². The summed E-state index contributed by atoms with van der Waals surface area (Å²) in [6.45, 7) is 6.15. The van der Waals surface area contributed by atoms with E-state index in [-0.39, 0.29) is 24.0 Å². The minimum Gasteiger partial charge on any atom is -0.378 e. The number of halogens is 1. The van der Waals surface area contributed by atoms with Crippen molar-refractivity contribution >= 4 is 41.3 Å². The first-order valence-electron chi connectivity index (χ1n) is 9.16. The fourth-order valence-electron chi connectivity index (χ4n) is 2.82. The maximum Gasteiger partial charge on any atom is 0.191 e. The van der Waals surface area contributed by atoms with Gasteiger partial charge in [-0.25, -0.2) is 4.99 Å². The molecule has 0 aliphatic heterocycles. The van der Waals surface area contributed by atoms with Crippen LogP contribution in [0.15, 0.2) is 47.6 Å². The summed E-state index contributed by atoms with van der Waals surface area (Å²) in [7, 11) is 4.10. The van der Waals surface area contributed by atoms with Crippen molar-refractivity contribution in [3.63, 3.8) is 0 Å². The van der Waals surface area contributed by atoms with Crippen molar-refractivity contribution in [1.29, 1.82) is 0 Å². The molecule has 28 heavy (non-hydrogen) atoms. The highest BCUT2D eigenvalue weighted by molar-refractivity contribution is 14.0. The summed E-state index contributed by atoms with van der Waals surface area (Å²) >= 11 is 0. The number of rotatable bonds is 6. The molecular weight excluding hydrogens is 465 g/mol. The molecule has 2 N–H and O–H groups in total. The Bertz CT molecular complexity index is 933. The Morgan fingerprint density at radius 3 is 2.68 bits per heavy atom. The maximum atomic E-state index is 4.72. The van der Waals surface area contributed by atoms with Gasteiger partial charge in [0.2, 0.25) is 0 Å². The zero-order valence-electron chi connectivity index (χ0n) is 16.8. The van der Waals surface area contributed by atoms with Gasteiger partial charge in [0.1, 0.15) is 0 Å². The molecule has 0 atom stereocenters. The first kappa shape index (κ1) is 21.9. The number of nitrogens with one attached hydrogen (secondary N) is 2. The quantitative estimate of drug-likeness (QED) is 0.314. The molecule has 2 aromatic heterocycles. The fourth-order valence-corrected chi connectivity index (χ4v) is 2.82. The molecule has 3 rings (SSSR count). The lowest BCUT2D eigenvalue weighted by Gasteiger charge is -2.15. The number of benzene rings is 1. The molecule has 1 aromatic carbocycles. The Morgan fingerprint density at radius 2 is 1.96 bits per heavy atom. The van der Waals surface area contributed by atoms with Crippen molar-refractivity contribution in [2.75, 3.05) is 25.5 Å². The maximum absolute atomic E-state index is 4.72. The van der Waals surface area contributed by atoms with E-state index < -0.39 is 0 Å². The van der Waals surface area contributed by atoms with Gasteiger partial charge in [-0.1, -0.05) is 12.1 Å². The van der Waals surface area contributed by atoms with Gasteiger partial charge in [0.05, 0.1) is 13.1 Å². The number of aromatic nitrogens is 3. The van der Waals surface area contributed by atoms with Gasteiger partial charge in [-0.05, 0) is 49.2 Å². The molecule has 0 aliphatic rings. The minimum absolute atomic E-state index is 0. The van der Waals surface area contributed by atoms with Crippen LogP contribution in [0.1, 0.15) is 23.9 Å². The fraction of sp³-hybridized carbons (Fsp3) is 0.350. The molecule has 0 saturated heterocycles. The van der Waals surface area contributed by atoms with Crippen molar-refractivity contribution in [3.8, 4) is 0 Å². The number of guanidine groups is 1. The lowest BCUT2D eigenvalue weighted by molar-refractivity contribution is 0.765. The second-order valence-electron chi connectivity index (χ2n) is 6.60. The van der Waals surface area contributed by atoms with E-state index in [1.54, 1.807) is 0 Å². The molecule has 3 aromatic rings. The smallest absolute Gasteiger partial charge is 0.191 e. The number of aliphatic imine (C=N–C) groups is 1.